The highest BCUT2D eigenvalue weighted by atomic mass is 32.1. The number of aryl methyl sites for hydroxylation is 2. The minimum Gasteiger partial charge on any atom is -0.383 e. The fourth-order valence-electron chi connectivity index (χ4n) is 6.15. The Morgan fingerprint density at radius 1 is 1.17 bits per heavy atom. The topological polar surface area (TPSA) is 129 Å². The monoisotopic (exact) mass is 642 g/mol. The molecule has 0 saturated heterocycles. The van der Waals surface area contributed by atoms with Gasteiger partial charge in [0.2, 0.25) is 0 Å². The Balaban J connectivity index is 1.35. The average Bonchev–Trinajstić information content (AvgIpc) is 3.65. The van der Waals surface area contributed by atoms with Crippen LogP contribution in [0.15, 0.2) is 46.4 Å². The van der Waals surface area contributed by atoms with Gasteiger partial charge >= 0.3 is 0 Å². The molecule has 5 aromatic rings. The van der Waals surface area contributed by atoms with E-state index in [0.717, 1.165) is 37.0 Å². The first-order valence-electron chi connectivity index (χ1n) is 15.2. The molecule has 46 heavy (non-hydrogen) atoms. The van der Waals surface area contributed by atoms with Crippen LogP contribution in [0.3, 0.4) is 0 Å². The second-order valence-corrected chi connectivity index (χ2v) is 13.6. The van der Waals surface area contributed by atoms with Crippen molar-refractivity contribution < 1.29 is 9.53 Å². The molecule has 13 heteroatoms. The van der Waals surface area contributed by atoms with Gasteiger partial charge in [-0.2, -0.15) is 14.9 Å². The van der Waals surface area contributed by atoms with Gasteiger partial charge in [-0.3, -0.25) is 24.0 Å². The summed E-state index contributed by atoms with van der Waals surface area (Å²) in [5.41, 5.74) is 3.36. The summed E-state index contributed by atoms with van der Waals surface area (Å²) in [7, 11) is 5.20. The van der Waals surface area contributed by atoms with Gasteiger partial charge in [-0.1, -0.05) is 20.8 Å². The third-order valence-electron chi connectivity index (χ3n) is 8.58. The number of rotatable bonds is 11. The third-order valence-corrected chi connectivity index (χ3v) is 9.82. The van der Waals surface area contributed by atoms with Crippen molar-refractivity contribution in [2.75, 3.05) is 32.1 Å². The highest BCUT2D eigenvalue weighted by molar-refractivity contribution is 7.19. The number of likely N-dealkylation sites (N-methyl/N-ethyl adjacent to an activating group) is 1. The lowest BCUT2D eigenvalue weighted by Crippen LogP contribution is -2.27. The number of methoxy groups -OCH3 is 1. The first-order chi connectivity index (χ1) is 22.0. The number of nitrogens with zero attached hydrogens (tertiary/aromatic N) is 7. The molecule has 1 aliphatic carbocycles. The fourth-order valence-corrected chi connectivity index (χ4v) is 7.62. The van der Waals surface area contributed by atoms with E-state index in [1.54, 1.807) is 49.6 Å². The highest BCUT2D eigenvalue weighted by Crippen LogP contribution is 2.43. The molecule has 0 aromatic carbocycles. The van der Waals surface area contributed by atoms with Crippen molar-refractivity contribution in [3.63, 3.8) is 0 Å². The zero-order chi connectivity index (χ0) is 32.7. The molecule has 0 radical (unpaired) electrons. The molecule has 0 unspecified atom stereocenters. The maximum Gasteiger partial charge on any atom is 0.290 e. The van der Waals surface area contributed by atoms with Crippen molar-refractivity contribution in [2.45, 2.75) is 40.2 Å². The van der Waals surface area contributed by atoms with Gasteiger partial charge in [0.05, 0.1) is 24.1 Å². The number of carbonyl (C=O) groups is 1. The van der Waals surface area contributed by atoms with Gasteiger partial charge < -0.3 is 14.6 Å². The van der Waals surface area contributed by atoms with Crippen LogP contribution in [0.2, 0.25) is 0 Å². The predicted molar refractivity (Wildman–Crippen MR) is 180 cm³/mol. The van der Waals surface area contributed by atoms with E-state index in [2.05, 4.69) is 46.2 Å². The Morgan fingerprint density at radius 3 is 2.72 bits per heavy atom. The number of carbonyl (C=O) groups excluding carboxylic acids is 1. The van der Waals surface area contributed by atoms with Crippen LogP contribution in [0.4, 0.5) is 11.5 Å². The van der Waals surface area contributed by atoms with Crippen molar-refractivity contribution in [3.05, 3.63) is 79.2 Å². The number of hydrogen-bond acceptors (Lipinski definition) is 10. The number of nitrogens with one attached hydrogen (secondary N) is 1. The van der Waals surface area contributed by atoms with E-state index in [1.807, 2.05) is 13.1 Å². The second kappa shape index (κ2) is 12.4. The number of aromatic nitrogens is 6. The molecule has 1 N–H and O–H groups in total. The maximum absolute atomic E-state index is 13.7. The lowest BCUT2D eigenvalue weighted by Gasteiger charge is -2.19. The van der Waals surface area contributed by atoms with Crippen LogP contribution < -0.4 is 16.4 Å². The van der Waals surface area contributed by atoms with Gasteiger partial charge in [-0.25, -0.2) is 4.98 Å². The van der Waals surface area contributed by atoms with Gasteiger partial charge in [0, 0.05) is 68.6 Å². The molecule has 0 aliphatic heterocycles. The van der Waals surface area contributed by atoms with Crippen molar-refractivity contribution in [3.8, 4) is 16.9 Å². The minimum absolute atomic E-state index is 0.139. The molecule has 0 fully saturated rings. The first-order valence-corrected chi connectivity index (χ1v) is 16.0. The molecule has 5 aromatic heterocycles. The molecule has 12 nitrogen and oxygen atoms in total. The molecule has 6 rings (SSSR count). The Hall–Kier alpha value is -4.46. The van der Waals surface area contributed by atoms with E-state index < -0.39 is 0 Å². The van der Waals surface area contributed by atoms with Crippen LogP contribution in [0.5, 0.6) is 0 Å². The number of hydrogen-bond donors (Lipinski definition) is 1. The summed E-state index contributed by atoms with van der Waals surface area (Å²) in [4.78, 5) is 47.4. The van der Waals surface area contributed by atoms with E-state index in [9.17, 15) is 14.4 Å². The fraction of sp³-hybridized carbons (Fsp3) is 0.394. The maximum atomic E-state index is 13.7. The summed E-state index contributed by atoms with van der Waals surface area (Å²) in [6.07, 6.45) is 7.41. The molecule has 0 spiro atoms. The van der Waals surface area contributed by atoms with Crippen molar-refractivity contribution in [1.82, 2.24) is 34.0 Å². The normalized spacial score (nSPS) is 13.9. The van der Waals surface area contributed by atoms with Crippen LogP contribution in [0.25, 0.3) is 27.0 Å². The number of pyridine rings is 2. The van der Waals surface area contributed by atoms with Crippen LogP contribution >= 0.6 is 11.3 Å². The number of fused-ring (bicyclic) bond motifs is 3. The predicted octanol–water partition coefficient (Wildman–Crippen LogP) is 4.09. The lowest BCUT2D eigenvalue weighted by molar-refractivity contribution is 0.112. The largest absolute Gasteiger partial charge is 0.383 e. The molecule has 0 bridgehead atoms. The highest BCUT2D eigenvalue weighted by Gasteiger charge is 2.33. The van der Waals surface area contributed by atoms with Crippen LogP contribution in [0, 0.1) is 5.41 Å². The Bertz CT molecular complexity index is 2070. The van der Waals surface area contributed by atoms with Crippen molar-refractivity contribution >= 4 is 39.2 Å². The van der Waals surface area contributed by atoms with E-state index in [4.69, 9.17) is 4.74 Å². The zero-order valence-corrected chi connectivity index (χ0v) is 27.8. The van der Waals surface area contributed by atoms with Crippen molar-refractivity contribution in [1.29, 1.82) is 0 Å². The molecule has 0 saturated carbocycles. The molecular formula is C33H38N8O4S. The van der Waals surface area contributed by atoms with Crippen LogP contribution in [-0.2, 0) is 38.2 Å². The molecule has 0 atom stereocenters. The van der Waals surface area contributed by atoms with E-state index >= 15 is 0 Å². The quantitative estimate of drug-likeness (QED) is 0.212. The molecular weight excluding hydrogens is 604 g/mol. The van der Waals surface area contributed by atoms with Gasteiger partial charge in [0.15, 0.2) is 17.9 Å². The Labute approximate surface area is 270 Å². The molecule has 5 heterocycles. The third kappa shape index (κ3) is 5.81. The van der Waals surface area contributed by atoms with Gasteiger partial charge in [-0.15, -0.1) is 11.3 Å². The Morgan fingerprint density at radius 2 is 1.98 bits per heavy atom. The summed E-state index contributed by atoms with van der Waals surface area (Å²) in [6.45, 7) is 9.51. The summed E-state index contributed by atoms with van der Waals surface area (Å²) in [6, 6.07) is 5.30. The number of aldehydes is 1. The molecule has 0 amide bonds. The van der Waals surface area contributed by atoms with Crippen molar-refractivity contribution in [2.24, 2.45) is 19.5 Å². The molecule has 1 aliphatic rings. The summed E-state index contributed by atoms with van der Waals surface area (Å²) in [5.74, 6) is 0.663. The van der Waals surface area contributed by atoms with Gasteiger partial charge in [0.1, 0.15) is 10.4 Å². The van der Waals surface area contributed by atoms with E-state index in [-0.39, 0.29) is 27.9 Å². The SMILES string of the molecule is CCN(CCOC)Cc1cc(Nc2cc(-c3ccnc(-n4ncc5c6c(sc5c4=O)CC(C)(C)C6)c3C=O)cn(C)c2=O)nn1C. The summed E-state index contributed by atoms with van der Waals surface area (Å²) >= 11 is 1.50. The standard InChI is InChI=1S/C33H38N8O4S/c1-7-40(10-11-45-6)18-21-13-28(37-39(21)5)36-26-12-20(17-38(4)31(26)43)22-8-9-34-30(25(22)19-42)41-32(44)29-24(16-35-41)23-14-33(2,3)15-27(23)46-29/h8-9,12-13,16-17,19H,7,10-11,14-15,18H2,1-6H3,(H,36,37). The summed E-state index contributed by atoms with van der Waals surface area (Å²) < 4.78 is 10.3. The number of thiophene rings is 1. The summed E-state index contributed by atoms with van der Waals surface area (Å²) in [5, 5.41) is 13.1. The van der Waals surface area contributed by atoms with E-state index in [1.165, 1.54) is 31.0 Å². The number of anilines is 2. The van der Waals surface area contributed by atoms with Gasteiger partial charge in [-0.05, 0) is 48.1 Å². The lowest BCUT2D eigenvalue weighted by atomic mass is 9.90. The Kier molecular flexibility index (Phi) is 8.49. The smallest absolute Gasteiger partial charge is 0.290 e. The molecule has 240 valence electrons. The second-order valence-electron chi connectivity index (χ2n) is 12.5. The van der Waals surface area contributed by atoms with Crippen LogP contribution in [-0.4, -0.2) is 67.1 Å². The van der Waals surface area contributed by atoms with Crippen LogP contribution in [0.1, 0.15) is 47.3 Å². The minimum atomic E-state index is -0.305. The van der Waals surface area contributed by atoms with E-state index in [0.29, 0.717) is 46.8 Å². The average molecular weight is 643 g/mol. The zero-order valence-electron chi connectivity index (χ0n) is 27.0. The van der Waals surface area contributed by atoms with Gasteiger partial charge in [0.25, 0.3) is 11.1 Å². The first kappa shape index (κ1) is 31.5. The number of ether oxygens (including phenoxy) is 1.